The second-order valence-corrected chi connectivity index (χ2v) is 14.4. The second kappa shape index (κ2) is 23.9. The van der Waals surface area contributed by atoms with Crippen molar-refractivity contribution in [1.82, 2.24) is 0 Å². The molecule has 0 atom stereocenters. The van der Waals surface area contributed by atoms with E-state index in [4.69, 9.17) is 56.8 Å². The van der Waals surface area contributed by atoms with E-state index in [1.54, 1.807) is 0 Å². The van der Waals surface area contributed by atoms with Gasteiger partial charge in [0.2, 0.25) is 0 Å². The summed E-state index contributed by atoms with van der Waals surface area (Å²) < 4.78 is 79.8. The second-order valence-electron chi connectivity index (χ2n) is 12.4. The zero-order valence-corrected chi connectivity index (χ0v) is 38.7. The predicted molar refractivity (Wildman–Crippen MR) is 233 cm³/mol. The Hall–Kier alpha value is -4.31. The highest BCUT2D eigenvalue weighted by atomic mass is 31.1. The summed E-state index contributed by atoms with van der Waals surface area (Å²) in [6.07, 6.45) is 0. The smallest absolute Gasteiger partial charge is 0.173 e. The number of hydrogen-bond acceptors (Lipinski definition) is 12. The first-order chi connectivity index (χ1) is 28.1. The molecule has 0 bridgehead atoms. The monoisotopic (exact) mass is 832 g/mol. The van der Waals surface area contributed by atoms with E-state index in [1.165, 1.54) is 0 Å². The molecule has 0 N–H and O–H groups in total. The van der Waals surface area contributed by atoms with Crippen LogP contribution in [0.4, 0.5) is 0 Å². The maximum Gasteiger partial charge on any atom is 0.173 e. The highest BCUT2D eigenvalue weighted by Crippen LogP contribution is 2.61. The molecule has 12 nitrogen and oxygen atoms in total. The SMILES string of the molecule is CCOc1c(C)c(OCC)c(OCC)c(P(c2c(OCC)c(OCC)c(C)c(OCC)c2OCC)c2c(OCC)c(OCC)c(C)c(OCC)c2OCC)c1OCC. The zero-order valence-electron chi connectivity index (χ0n) is 37.8. The number of ether oxygens (including phenoxy) is 12. The van der Waals surface area contributed by atoms with E-state index in [0.29, 0.717) is 164 Å². The summed E-state index contributed by atoms with van der Waals surface area (Å²) in [7, 11) is -2.07. The Labute approximate surface area is 348 Å². The summed E-state index contributed by atoms with van der Waals surface area (Å²) in [5, 5.41) is 1.88. The van der Waals surface area contributed by atoms with Crippen molar-refractivity contribution in [3.05, 3.63) is 16.7 Å². The van der Waals surface area contributed by atoms with Crippen LogP contribution in [0, 0.1) is 20.8 Å². The molecule has 0 aliphatic heterocycles. The molecular weight excluding hydrogens is 763 g/mol. The Morgan fingerprint density at radius 2 is 0.345 bits per heavy atom. The van der Waals surface area contributed by atoms with Crippen LogP contribution in [0.5, 0.6) is 69.0 Å². The number of hydrogen-bond donors (Lipinski definition) is 0. The molecule has 3 rings (SSSR count). The minimum Gasteiger partial charge on any atom is -0.490 e. The largest absolute Gasteiger partial charge is 0.490 e. The fraction of sp³-hybridized carbons (Fsp3) is 0.600. The zero-order chi connectivity index (χ0) is 42.9. The number of benzene rings is 3. The molecule has 3 aromatic rings. The van der Waals surface area contributed by atoms with Gasteiger partial charge in [-0.05, 0) is 104 Å². The van der Waals surface area contributed by atoms with Crippen LogP contribution in [0.1, 0.15) is 99.8 Å². The van der Waals surface area contributed by atoms with Gasteiger partial charge >= 0.3 is 0 Å². The molecule has 0 saturated carbocycles. The lowest BCUT2D eigenvalue weighted by Crippen LogP contribution is -2.31. The summed E-state index contributed by atoms with van der Waals surface area (Å²) in [5.74, 6) is 5.99. The van der Waals surface area contributed by atoms with Crippen LogP contribution in [-0.4, -0.2) is 79.3 Å². The van der Waals surface area contributed by atoms with Gasteiger partial charge in [0.05, 0.1) is 95.2 Å². The van der Waals surface area contributed by atoms with Gasteiger partial charge in [-0.25, -0.2) is 0 Å². The highest BCUT2D eigenvalue weighted by Gasteiger charge is 2.44. The van der Waals surface area contributed by atoms with Gasteiger partial charge in [-0.1, -0.05) is 0 Å². The predicted octanol–water partition coefficient (Wildman–Crippen LogP) is 9.15. The lowest BCUT2D eigenvalue weighted by molar-refractivity contribution is 0.264. The van der Waals surface area contributed by atoms with Crippen molar-refractivity contribution in [3.63, 3.8) is 0 Å². The van der Waals surface area contributed by atoms with Gasteiger partial charge in [-0.3, -0.25) is 0 Å². The Bertz CT molecular complexity index is 1460. The molecule has 58 heavy (non-hydrogen) atoms. The molecule has 3 aromatic carbocycles. The molecule has 0 unspecified atom stereocenters. The van der Waals surface area contributed by atoms with E-state index >= 15 is 0 Å². The minimum absolute atomic E-state index is 0.313. The van der Waals surface area contributed by atoms with Crippen LogP contribution in [0.3, 0.4) is 0 Å². The van der Waals surface area contributed by atoms with Gasteiger partial charge in [0.25, 0.3) is 0 Å². The van der Waals surface area contributed by atoms with Crippen molar-refractivity contribution in [1.29, 1.82) is 0 Å². The van der Waals surface area contributed by atoms with Crippen molar-refractivity contribution in [2.45, 2.75) is 104 Å². The van der Waals surface area contributed by atoms with Crippen molar-refractivity contribution in [2.24, 2.45) is 0 Å². The van der Waals surface area contributed by atoms with E-state index in [9.17, 15) is 0 Å². The summed E-state index contributed by atoms with van der Waals surface area (Å²) >= 11 is 0. The summed E-state index contributed by atoms with van der Waals surface area (Å²) in [6.45, 7) is 33.3. The molecule has 13 heteroatoms. The topological polar surface area (TPSA) is 111 Å². The summed E-state index contributed by atoms with van der Waals surface area (Å²) in [5.41, 5.74) is 2.21. The van der Waals surface area contributed by atoms with E-state index in [1.807, 2.05) is 104 Å². The van der Waals surface area contributed by atoms with Crippen molar-refractivity contribution < 1.29 is 56.8 Å². The van der Waals surface area contributed by atoms with Crippen molar-refractivity contribution >= 4 is 23.8 Å². The van der Waals surface area contributed by atoms with Crippen molar-refractivity contribution in [2.75, 3.05) is 79.3 Å². The van der Waals surface area contributed by atoms with Gasteiger partial charge in [-0.15, -0.1) is 0 Å². The van der Waals surface area contributed by atoms with Crippen LogP contribution >= 0.6 is 7.92 Å². The number of rotatable bonds is 27. The van der Waals surface area contributed by atoms with E-state index < -0.39 is 7.92 Å². The minimum atomic E-state index is -2.07. The average molecular weight is 833 g/mol. The molecule has 326 valence electrons. The molecule has 0 amide bonds. The molecule has 0 heterocycles. The van der Waals surface area contributed by atoms with Gasteiger partial charge in [0.15, 0.2) is 69.0 Å². The van der Waals surface area contributed by atoms with E-state index in [2.05, 4.69) is 0 Å². The molecule has 0 spiro atoms. The molecule has 0 aliphatic rings. The van der Waals surface area contributed by atoms with Crippen LogP contribution in [0.2, 0.25) is 0 Å². The Kier molecular flexibility index (Phi) is 19.8. The molecular formula is C45H69O12P. The lowest BCUT2D eigenvalue weighted by Gasteiger charge is -2.34. The summed E-state index contributed by atoms with van der Waals surface area (Å²) in [6, 6.07) is 0. The third-order valence-corrected chi connectivity index (χ3v) is 11.3. The van der Waals surface area contributed by atoms with E-state index in [-0.39, 0.29) is 0 Å². The van der Waals surface area contributed by atoms with Gasteiger partial charge in [-0.2, -0.15) is 0 Å². The van der Waals surface area contributed by atoms with Gasteiger partial charge < -0.3 is 56.8 Å². The summed E-state index contributed by atoms with van der Waals surface area (Å²) in [4.78, 5) is 0. The Morgan fingerprint density at radius 3 is 0.466 bits per heavy atom. The molecule has 0 radical (unpaired) electrons. The Morgan fingerprint density at radius 1 is 0.224 bits per heavy atom. The van der Waals surface area contributed by atoms with Crippen LogP contribution in [-0.2, 0) is 0 Å². The highest BCUT2D eigenvalue weighted by molar-refractivity contribution is 7.81. The third-order valence-electron chi connectivity index (χ3n) is 8.71. The first-order valence-corrected chi connectivity index (χ1v) is 22.4. The van der Waals surface area contributed by atoms with Crippen molar-refractivity contribution in [3.8, 4) is 69.0 Å². The van der Waals surface area contributed by atoms with Crippen LogP contribution in [0.25, 0.3) is 0 Å². The van der Waals surface area contributed by atoms with Gasteiger partial charge in [0, 0.05) is 24.6 Å². The quantitative estimate of drug-likeness (QED) is 0.0684. The Balaban J connectivity index is 3.13. The lowest BCUT2D eigenvalue weighted by atomic mass is 10.1. The normalized spacial score (nSPS) is 11.0. The first-order valence-electron chi connectivity index (χ1n) is 21.1. The molecule has 0 aliphatic carbocycles. The van der Waals surface area contributed by atoms with Crippen LogP contribution < -0.4 is 72.8 Å². The fourth-order valence-corrected chi connectivity index (χ4v) is 9.69. The maximum atomic E-state index is 6.77. The standard InChI is InChI=1S/C45H69O12P/c1-16-46-31-28(13)32(47-17-2)38(53-23-8)43(37(31)52-22-7)58(44-39(54-24-9)33(48-18-3)29(14)34(49-19-4)40(44)55-25-10)45-41(56-26-11)35(50-20-5)30(15)36(51-21-6)42(45)57-27-12/h16-27H2,1-15H3. The first kappa shape index (κ1) is 48.1. The van der Waals surface area contributed by atoms with Crippen LogP contribution in [0.15, 0.2) is 0 Å². The van der Waals surface area contributed by atoms with E-state index in [0.717, 1.165) is 16.7 Å². The molecule has 0 aromatic heterocycles. The maximum absolute atomic E-state index is 6.77. The molecule has 0 fully saturated rings. The average Bonchev–Trinajstić information content (AvgIpc) is 3.20. The third kappa shape index (κ3) is 9.92. The molecule has 0 saturated heterocycles. The fourth-order valence-electron chi connectivity index (χ4n) is 6.81. The van der Waals surface area contributed by atoms with Gasteiger partial charge in [0.1, 0.15) is 0 Å².